The van der Waals surface area contributed by atoms with Crippen LogP contribution >= 0.6 is 0 Å². The smallest absolute Gasteiger partial charge is 0.250 e. The van der Waals surface area contributed by atoms with Crippen LogP contribution in [0.3, 0.4) is 0 Å². The average Bonchev–Trinajstić information content (AvgIpc) is 2.76. The summed E-state index contributed by atoms with van der Waals surface area (Å²) in [6.45, 7) is 2.75. The molecule has 7 nitrogen and oxygen atoms in total. The molecule has 0 aliphatic carbocycles. The molecule has 2 N–H and O–H groups in total. The Kier molecular flexibility index (Phi) is 10.2. The van der Waals surface area contributed by atoms with Crippen molar-refractivity contribution in [2.45, 2.75) is 39.0 Å². The molecule has 2 amide bonds. The summed E-state index contributed by atoms with van der Waals surface area (Å²) in [5.74, 6) is 0.0784. The van der Waals surface area contributed by atoms with E-state index in [0.29, 0.717) is 23.5 Å². The molecule has 0 atom stereocenters. The van der Waals surface area contributed by atoms with Crippen molar-refractivity contribution in [2.75, 3.05) is 31.0 Å². The summed E-state index contributed by atoms with van der Waals surface area (Å²) in [4.78, 5) is 36.2. The van der Waals surface area contributed by atoms with E-state index in [0.717, 1.165) is 25.0 Å². The van der Waals surface area contributed by atoms with Gasteiger partial charge in [-0.2, -0.15) is 0 Å². The molecule has 0 heterocycles. The second kappa shape index (κ2) is 13.2. The van der Waals surface area contributed by atoms with Crippen molar-refractivity contribution in [3.05, 3.63) is 54.1 Å². The van der Waals surface area contributed by atoms with Crippen LogP contribution in [0.2, 0.25) is 0 Å². The van der Waals surface area contributed by atoms with Crippen LogP contribution in [0, 0.1) is 0 Å². The summed E-state index contributed by atoms with van der Waals surface area (Å²) in [5.41, 5.74) is 1.64. The van der Waals surface area contributed by atoms with Gasteiger partial charge in [0.05, 0.1) is 6.61 Å². The highest BCUT2D eigenvalue weighted by molar-refractivity contribution is 6.00. The predicted molar refractivity (Wildman–Crippen MR) is 121 cm³/mol. The van der Waals surface area contributed by atoms with Gasteiger partial charge in [-0.15, -0.1) is 0 Å². The first kappa shape index (κ1) is 24.1. The molecular formula is C24H30N2O5. The first-order chi connectivity index (χ1) is 15.0. The Balaban J connectivity index is 1.79. The minimum atomic E-state index is -0.283. The van der Waals surface area contributed by atoms with E-state index >= 15 is 0 Å². The molecule has 0 radical (unpaired) electrons. The SMILES string of the molecule is CCCCCOc1ccc(C(=O)CCC(=O)Nc2cccc(NC(=O)COC)c2)cc1. The molecule has 31 heavy (non-hydrogen) atoms. The van der Waals surface area contributed by atoms with Gasteiger partial charge < -0.3 is 20.1 Å². The lowest BCUT2D eigenvalue weighted by Crippen LogP contribution is -2.17. The lowest BCUT2D eigenvalue weighted by Gasteiger charge is -2.09. The number of ketones is 1. The Morgan fingerprint density at radius 2 is 1.55 bits per heavy atom. The van der Waals surface area contributed by atoms with E-state index in [1.54, 1.807) is 48.5 Å². The van der Waals surface area contributed by atoms with Crippen LogP contribution < -0.4 is 15.4 Å². The van der Waals surface area contributed by atoms with Crippen molar-refractivity contribution in [1.82, 2.24) is 0 Å². The van der Waals surface area contributed by atoms with E-state index in [1.165, 1.54) is 7.11 Å². The van der Waals surface area contributed by atoms with Crippen LogP contribution in [0.25, 0.3) is 0 Å². The second-order valence-corrected chi connectivity index (χ2v) is 7.11. The number of unbranched alkanes of at least 4 members (excludes halogenated alkanes) is 2. The van der Waals surface area contributed by atoms with Gasteiger partial charge in [-0.1, -0.05) is 25.8 Å². The highest BCUT2D eigenvalue weighted by Gasteiger charge is 2.11. The molecule has 0 unspecified atom stereocenters. The molecule has 2 aromatic rings. The zero-order chi connectivity index (χ0) is 22.5. The number of hydrogen-bond acceptors (Lipinski definition) is 5. The van der Waals surface area contributed by atoms with Crippen molar-refractivity contribution in [1.29, 1.82) is 0 Å². The van der Waals surface area contributed by atoms with Gasteiger partial charge in [0.1, 0.15) is 12.4 Å². The minimum absolute atomic E-state index is 0.0509. The van der Waals surface area contributed by atoms with Crippen molar-refractivity contribution in [3.63, 3.8) is 0 Å². The fourth-order valence-electron chi connectivity index (χ4n) is 2.88. The van der Waals surface area contributed by atoms with Crippen molar-refractivity contribution in [2.24, 2.45) is 0 Å². The summed E-state index contributed by atoms with van der Waals surface area (Å²) in [6.07, 6.45) is 3.45. The van der Waals surface area contributed by atoms with E-state index in [9.17, 15) is 14.4 Å². The Morgan fingerprint density at radius 3 is 2.19 bits per heavy atom. The lowest BCUT2D eigenvalue weighted by atomic mass is 10.1. The number of anilines is 2. The van der Waals surface area contributed by atoms with Gasteiger partial charge in [-0.3, -0.25) is 14.4 Å². The van der Waals surface area contributed by atoms with E-state index in [1.807, 2.05) is 0 Å². The van der Waals surface area contributed by atoms with E-state index in [4.69, 9.17) is 9.47 Å². The fraction of sp³-hybridized carbons (Fsp3) is 0.375. The number of hydrogen-bond donors (Lipinski definition) is 2. The Labute approximate surface area is 183 Å². The van der Waals surface area contributed by atoms with Crippen molar-refractivity contribution in [3.8, 4) is 5.75 Å². The van der Waals surface area contributed by atoms with Crippen LogP contribution in [-0.2, 0) is 14.3 Å². The molecule has 2 rings (SSSR count). The molecule has 0 saturated heterocycles. The molecular weight excluding hydrogens is 396 g/mol. The van der Waals surface area contributed by atoms with Gasteiger partial charge in [-0.25, -0.2) is 0 Å². The monoisotopic (exact) mass is 426 g/mol. The van der Waals surface area contributed by atoms with Crippen molar-refractivity contribution >= 4 is 29.0 Å². The summed E-state index contributed by atoms with van der Waals surface area (Å²) in [6, 6.07) is 13.8. The summed E-state index contributed by atoms with van der Waals surface area (Å²) >= 11 is 0. The van der Waals surface area contributed by atoms with E-state index in [2.05, 4.69) is 17.6 Å². The molecule has 0 saturated carbocycles. The number of methoxy groups -OCH3 is 1. The van der Waals surface area contributed by atoms with Gasteiger partial charge in [0.15, 0.2) is 5.78 Å². The number of benzene rings is 2. The standard InChI is InChI=1S/C24H30N2O5/c1-3-4-5-15-31-21-11-9-18(10-12-21)22(27)13-14-23(28)25-19-7-6-8-20(16-19)26-24(29)17-30-2/h6-12,16H,3-5,13-15,17H2,1-2H3,(H,25,28)(H,26,29). The van der Waals surface area contributed by atoms with Gasteiger partial charge >= 0.3 is 0 Å². The average molecular weight is 427 g/mol. The summed E-state index contributed by atoms with van der Waals surface area (Å²) < 4.78 is 10.4. The fourth-order valence-corrected chi connectivity index (χ4v) is 2.88. The predicted octanol–water partition coefficient (Wildman–Crippen LogP) is 4.44. The maximum Gasteiger partial charge on any atom is 0.250 e. The first-order valence-corrected chi connectivity index (χ1v) is 10.5. The van der Waals surface area contributed by atoms with Crippen LogP contribution in [0.1, 0.15) is 49.4 Å². The minimum Gasteiger partial charge on any atom is -0.494 e. The largest absolute Gasteiger partial charge is 0.494 e. The number of ether oxygens (including phenoxy) is 2. The molecule has 0 aromatic heterocycles. The first-order valence-electron chi connectivity index (χ1n) is 10.5. The maximum absolute atomic E-state index is 12.4. The van der Waals surface area contributed by atoms with E-state index in [-0.39, 0.29) is 37.0 Å². The molecule has 0 aliphatic rings. The normalized spacial score (nSPS) is 10.4. The molecule has 0 fully saturated rings. The number of nitrogens with one attached hydrogen (secondary N) is 2. The summed E-state index contributed by atoms with van der Waals surface area (Å²) in [5, 5.41) is 5.42. The number of amides is 2. The van der Waals surface area contributed by atoms with Crippen LogP contribution in [0.4, 0.5) is 11.4 Å². The third-order valence-corrected chi connectivity index (χ3v) is 4.48. The number of rotatable bonds is 13. The Hall–Kier alpha value is -3.19. The van der Waals surface area contributed by atoms with Crippen LogP contribution in [0.5, 0.6) is 5.75 Å². The topological polar surface area (TPSA) is 93.7 Å². The zero-order valence-electron chi connectivity index (χ0n) is 18.1. The zero-order valence-corrected chi connectivity index (χ0v) is 18.1. The lowest BCUT2D eigenvalue weighted by molar-refractivity contribution is -0.119. The van der Waals surface area contributed by atoms with Gasteiger partial charge in [0.25, 0.3) is 0 Å². The Morgan fingerprint density at radius 1 is 0.871 bits per heavy atom. The molecule has 7 heteroatoms. The molecule has 0 aliphatic heterocycles. The molecule has 166 valence electrons. The highest BCUT2D eigenvalue weighted by atomic mass is 16.5. The number of Topliss-reactive ketones (excluding diaryl/α,β-unsaturated/α-hetero) is 1. The molecule has 0 spiro atoms. The van der Waals surface area contributed by atoms with Crippen LogP contribution in [-0.4, -0.2) is 37.9 Å². The maximum atomic E-state index is 12.4. The van der Waals surface area contributed by atoms with Gasteiger partial charge in [-0.05, 0) is 48.9 Å². The number of carbonyl (C=O) groups is 3. The quantitative estimate of drug-likeness (QED) is 0.365. The third-order valence-electron chi connectivity index (χ3n) is 4.48. The third kappa shape index (κ3) is 9.00. The highest BCUT2D eigenvalue weighted by Crippen LogP contribution is 2.17. The molecule has 0 bridgehead atoms. The summed E-state index contributed by atoms with van der Waals surface area (Å²) in [7, 11) is 1.44. The number of carbonyl (C=O) groups excluding carboxylic acids is 3. The Bertz CT molecular complexity index is 865. The van der Waals surface area contributed by atoms with Crippen molar-refractivity contribution < 1.29 is 23.9 Å². The second-order valence-electron chi connectivity index (χ2n) is 7.11. The van der Waals surface area contributed by atoms with Gasteiger partial charge in [0, 0.05) is 36.9 Å². The van der Waals surface area contributed by atoms with Gasteiger partial charge in [0.2, 0.25) is 11.8 Å². The van der Waals surface area contributed by atoms with E-state index < -0.39 is 0 Å². The molecule has 2 aromatic carbocycles. The van der Waals surface area contributed by atoms with Crippen LogP contribution in [0.15, 0.2) is 48.5 Å².